The van der Waals surface area contributed by atoms with E-state index in [0.717, 1.165) is 22.5 Å². The van der Waals surface area contributed by atoms with E-state index in [9.17, 15) is 9.59 Å². The number of para-hydroxylation sites is 1. The van der Waals surface area contributed by atoms with Crippen LogP contribution in [0.15, 0.2) is 60.8 Å². The molecule has 3 aromatic rings. The summed E-state index contributed by atoms with van der Waals surface area (Å²) in [4.78, 5) is 28.4. The molecule has 7 nitrogen and oxygen atoms in total. The summed E-state index contributed by atoms with van der Waals surface area (Å²) in [5.74, 6) is 0.734. The van der Waals surface area contributed by atoms with E-state index in [1.165, 1.54) is 0 Å². The molecular weight excluding hydrogens is 521 g/mol. The highest BCUT2D eigenvalue weighted by Crippen LogP contribution is 2.38. The Balaban J connectivity index is 0.00000245. The fraction of sp³-hybridized carbons (Fsp3) is 0.208. The zero-order valence-electron chi connectivity index (χ0n) is 17.7. The number of aryl methyl sites for hydroxylation is 2. The number of amides is 2. The molecule has 2 aliphatic rings. The van der Waals surface area contributed by atoms with Gasteiger partial charge in [-0.3, -0.25) is 14.5 Å². The van der Waals surface area contributed by atoms with Gasteiger partial charge in [-0.05, 0) is 37.1 Å². The summed E-state index contributed by atoms with van der Waals surface area (Å²) in [6, 6.07) is 15.9. The predicted molar refractivity (Wildman–Crippen MR) is 114 cm³/mol. The van der Waals surface area contributed by atoms with Crippen LogP contribution in [0.5, 0.6) is 11.5 Å². The maximum absolute atomic E-state index is 13.6. The van der Waals surface area contributed by atoms with E-state index in [4.69, 9.17) is 9.47 Å². The van der Waals surface area contributed by atoms with Gasteiger partial charge in [0.05, 0.1) is 0 Å². The second-order valence-corrected chi connectivity index (χ2v) is 7.71. The lowest BCUT2D eigenvalue weighted by Gasteiger charge is -2.32. The molecule has 0 spiro atoms. The SMILES string of the molecule is Cc1cccc(C)c1NC(=O)C1c2cccc[n+]2CC(=O)N1c1ccc2c(c1)OCO2.[I-]. The molecular formula is C24H22IN3O4. The molecule has 2 amide bonds. The number of rotatable bonds is 3. The summed E-state index contributed by atoms with van der Waals surface area (Å²) in [5.41, 5.74) is 4.02. The molecule has 0 saturated carbocycles. The molecule has 1 unspecified atom stereocenters. The van der Waals surface area contributed by atoms with Crippen molar-refractivity contribution in [2.75, 3.05) is 17.0 Å². The Morgan fingerprint density at radius 3 is 2.56 bits per heavy atom. The van der Waals surface area contributed by atoms with Gasteiger partial charge in [0.15, 0.2) is 17.7 Å². The molecule has 2 aliphatic heterocycles. The van der Waals surface area contributed by atoms with E-state index in [2.05, 4.69) is 5.32 Å². The number of hydrogen-bond acceptors (Lipinski definition) is 4. The van der Waals surface area contributed by atoms with E-state index < -0.39 is 6.04 Å². The van der Waals surface area contributed by atoms with Gasteiger partial charge in [0.1, 0.15) is 0 Å². The Kier molecular flexibility index (Phi) is 6.05. The Hall–Kier alpha value is -3.14. The number of pyridine rings is 1. The highest BCUT2D eigenvalue weighted by molar-refractivity contribution is 6.06. The predicted octanol–water partition coefficient (Wildman–Crippen LogP) is 0.0502. The minimum atomic E-state index is -0.832. The number of halogens is 1. The zero-order valence-corrected chi connectivity index (χ0v) is 19.8. The molecule has 3 heterocycles. The molecule has 1 atom stereocenters. The molecule has 0 radical (unpaired) electrons. The molecule has 1 N–H and O–H groups in total. The van der Waals surface area contributed by atoms with Gasteiger partial charge in [0.2, 0.25) is 25.1 Å². The minimum absolute atomic E-state index is 0. The van der Waals surface area contributed by atoms with Gasteiger partial charge in [-0.15, -0.1) is 0 Å². The maximum atomic E-state index is 13.6. The summed E-state index contributed by atoms with van der Waals surface area (Å²) in [6.07, 6.45) is 1.82. The third kappa shape index (κ3) is 3.79. The normalized spacial score (nSPS) is 16.2. The van der Waals surface area contributed by atoms with Crippen LogP contribution < -0.4 is 48.2 Å². The van der Waals surface area contributed by atoms with Crippen LogP contribution in [0.1, 0.15) is 22.9 Å². The fourth-order valence-corrected chi connectivity index (χ4v) is 4.16. The molecule has 8 heteroatoms. The van der Waals surface area contributed by atoms with E-state index >= 15 is 0 Å². The number of hydrogen-bond donors (Lipinski definition) is 1. The van der Waals surface area contributed by atoms with Crippen LogP contribution in [0.2, 0.25) is 0 Å². The van der Waals surface area contributed by atoms with Gasteiger partial charge in [-0.1, -0.05) is 24.3 Å². The third-order valence-electron chi connectivity index (χ3n) is 5.70. The maximum Gasteiger partial charge on any atom is 0.294 e. The Morgan fingerprint density at radius 2 is 1.78 bits per heavy atom. The van der Waals surface area contributed by atoms with Crippen molar-refractivity contribution in [1.29, 1.82) is 0 Å². The lowest BCUT2D eigenvalue weighted by molar-refractivity contribution is -0.695. The second kappa shape index (κ2) is 8.78. The van der Waals surface area contributed by atoms with Crippen LogP contribution in [-0.2, 0) is 16.1 Å². The first kappa shape index (κ1) is 22.1. The number of nitrogens with one attached hydrogen (secondary N) is 1. The number of aromatic nitrogens is 1. The van der Waals surface area contributed by atoms with Crippen molar-refractivity contribution in [2.45, 2.75) is 26.4 Å². The number of fused-ring (bicyclic) bond motifs is 2. The monoisotopic (exact) mass is 543 g/mol. The van der Waals surface area contributed by atoms with Crippen molar-refractivity contribution in [2.24, 2.45) is 0 Å². The van der Waals surface area contributed by atoms with Gasteiger partial charge < -0.3 is 38.8 Å². The Morgan fingerprint density at radius 1 is 1.03 bits per heavy atom. The van der Waals surface area contributed by atoms with Crippen LogP contribution >= 0.6 is 0 Å². The van der Waals surface area contributed by atoms with Crippen LogP contribution in [-0.4, -0.2) is 18.6 Å². The van der Waals surface area contributed by atoms with E-state index in [-0.39, 0.29) is 49.1 Å². The standard InChI is InChI=1S/C24H21N3O4.HI/c1-15-6-5-7-16(2)22(15)25-24(29)23-18-8-3-4-11-26(18)13-21(28)27(23)17-9-10-19-20(12-17)31-14-30-19;/h3-12,23H,13-14H2,1-2H3;1H. The van der Waals surface area contributed by atoms with Crippen molar-refractivity contribution < 1.29 is 47.6 Å². The topological polar surface area (TPSA) is 71.8 Å². The average Bonchev–Trinajstić information content (AvgIpc) is 3.23. The number of benzene rings is 2. The van der Waals surface area contributed by atoms with E-state index in [0.29, 0.717) is 17.2 Å². The largest absolute Gasteiger partial charge is 1.00 e. The molecule has 164 valence electrons. The Bertz CT molecular complexity index is 1190. The average molecular weight is 543 g/mol. The molecule has 5 rings (SSSR count). The van der Waals surface area contributed by atoms with E-state index in [1.54, 1.807) is 23.1 Å². The minimum Gasteiger partial charge on any atom is -1.00 e. The first-order valence-corrected chi connectivity index (χ1v) is 10.1. The third-order valence-corrected chi connectivity index (χ3v) is 5.70. The second-order valence-electron chi connectivity index (χ2n) is 7.71. The Labute approximate surface area is 203 Å². The molecule has 0 fully saturated rings. The molecule has 32 heavy (non-hydrogen) atoms. The van der Waals surface area contributed by atoms with Gasteiger partial charge in [0, 0.05) is 29.6 Å². The number of ether oxygens (including phenoxy) is 2. The molecule has 0 aliphatic carbocycles. The lowest BCUT2D eigenvalue weighted by atomic mass is 10.0. The molecule has 0 saturated heterocycles. The van der Waals surface area contributed by atoms with Crippen molar-refractivity contribution in [3.8, 4) is 11.5 Å². The van der Waals surface area contributed by atoms with Crippen molar-refractivity contribution >= 4 is 23.2 Å². The number of carbonyl (C=O) groups excluding carboxylic acids is 2. The first-order valence-electron chi connectivity index (χ1n) is 10.1. The lowest BCUT2D eigenvalue weighted by Crippen LogP contribution is -3.00. The van der Waals surface area contributed by atoms with Gasteiger partial charge in [0.25, 0.3) is 11.8 Å². The summed E-state index contributed by atoms with van der Waals surface area (Å²) >= 11 is 0. The van der Waals surface area contributed by atoms with Crippen LogP contribution in [0.3, 0.4) is 0 Å². The van der Waals surface area contributed by atoms with Gasteiger partial charge >= 0.3 is 0 Å². The summed E-state index contributed by atoms with van der Waals surface area (Å²) in [5, 5.41) is 3.06. The highest BCUT2D eigenvalue weighted by atomic mass is 127. The zero-order chi connectivity index (χ0) is 21.5. The van der Waals surface area contributed by atoms with Gasteiger partial charge in [-0.2, -0.15) is 4.57 Å². The van der Waals surface area contributed by atoms with Crippen LogP contribution in [0.25, 0.3) is 0 Å². The summed E-state index contributed by atoms with van der Waals surface area (Å²) in [7, 11) is 0. The summed E-state index contributed by atoms with van der Waals surface area (Å²) in [6.45, 7) is 4.19. The van der Waals surface area contributed by atoms with Crippen molar-refractivity contribution in [1.82, 2.24) is 0 Å². The quantitative estimate of drug-likeness (QED) is 0.375. The first-order chi connectivity index (χ1) is 15.0. The van der Waals surface area contributed by atoms with Crippen LogP contribution in [0, 0.1) is 13.8 Å². The summed E-state index contributed by atoms with van der Waals surface area (Å²) < 4.78 is 12.7. The van der Waals surface area contributed by atoms with Crippen LogP contribution in [0.4, 0.5) is 11.4 Å². The number of anilines is 2. The number of nitrogens with zero attached hydrogens (tertiary/aromatic N) is 2. The van der Waals surface area contributed by atoms with Crippen molar-refractivity contribution in [3.05, 3.63) is 77.6 Å². The van der Waals surface area contributed by atoms with Crippen molar-refractivity contribution in [3.63, 3.8) is 0 Å². The van der Waals surface area contributed by atoms with E-state index in [1.807, 2.05) is 61.0 Å². The number of carbonyl (C=O) groups is 2. The molecule has 2 aromatic carbocycles. The molecule has 0 bridgehead atoms. The smallest absolute Gasteiger partial charge is 0.294 e. The molecule has 1 aromatic heterocycles. The highest BCUT2D eigenvalue weighted by Gasteiger charge is 2.44. The fourth-order valence-electron chi connectivity index (χ4n) is 4.16. The van der Waals surface area contributed by atoms with Gasteiger partial charge in [-0.25, -0.2) is 0 Å².